The lowest BCUT2D eigenvalue weighted by atomic mass is 9.93. The number of fused-ring (bicyclic) bond motifs is 1. The van der Waals surface area contributed by atoms with E-state index in [-0.39, 0.29) is 16.7 Å². The maximum absolute atomic E-state index is 14.1. The molecule has 0 unspecified atom stereocenters. The molecule has 28 heavy (non-hydrogen) atoms. The Morgan fingerprint density at radius 3 is 2.25 bits per heavy atom. The number of hydrogen-bond donors (Lipinski definition) is 0. The van der Waals surface area contributed by atoms with Crippen LogP contribution in [0.1, 0.15) is 29.3 Å². The molecule has 0 saturated heterocycles. The van der Waals surface area contributed by atoms with Crippen LogP contribution in [0.25, 0.3) is 21.9 Å². The monoisotopic (exact) mass is 394 g/mol. The topological polar surface area (TPSA) is 26.3 Å². The number of halogens is 5. The molecule has 0 aliphatic rings. The van der Waals surface area contributed by atoms with Crippen molar-refractivity contribution in [3.05, 3.63) is 65.2 Å². The average Bonchev–Trinajstić information content (AvgIpc) is 2.63. The first-order chi connectivity index (χ1) is 13.2. The summed E-state index contributed by atoms with van der Waals surface area (Å²) in [6, 6.07) is 10.2. The molecule has 0 aliphatic carbocycles. The molecule has 0 saturated carbocycles. The third kappa shape index (κ3) is 3.98. The fraction of sp³-hybridized carbons (Fsp3) is 0.190. The first-order valence-corrected chi connectivity index (χ1v) is 8.49. The van der Waals surface area contributed by atoms with E-state index in [0.717, 1.165) is 23.8 Å². The van der Waals surface area contributed by atoms with Gasteiger partial charge in [0.2, 0.25) is 5.75 Å². The zero-order valence-electron chi connectivity index (χ0n) is 14.7. The summed E-state index contributed by atoms with van der Waals surface area (Å²) in [7, 11) is 0. The van der Waals surface area contributed by atoms with Gasteiger partial charge in [0.25, 0.3) is 0 Å². The van der Waals surface area contributed by atoms with Crippen molar-refractivity contribution in [3.8, 4) is 16.9 Å². The van der Waals surface area contributed by atoms with Crippen molar-refractivity contribution in [2.24, 2.45) is 0 Å². The van der Waals surface area contributed by atoms with Gasteiger partial charge in [0, 0.05) is 5.56 Å². The van der Waals surface area contributed by atoms with Gasteiger partial charge in [-0.2, -0.15) is 0 Å². The lowest BCUT2D eigenvalue weighted by Crippen LogP contribution is -2.19. The Labute approximate surface area is 157 Å². The molecule has 0 spiro atoms. The number of carbonyl (C=O) groups is 1. The van der Waals surface area contributed by atoms with Crippen molar-refractivity contribution in [2.75, 3.05) is 0 Å². The lowest BCUT2D eigenvalue weighted by Gasteiger charge is -2.14. The summed E-state index contributed by atoms with van der Waals surface area (Å²) in [5.41, 5.74) is 1.43. The van der Waals surface area contributed by atoms with Crippen LogP contribution < -0.4 is 4.74 Å². The van der Waals surface area contributed by atoms with E-state index < -0.39 is 23.7 Å². The van der Waals surface area contributed by atoms with Crippen LogP contribution in [0.4, 0.5) is 22.0 Å². The summed E-state index contributed by atoms with van der Waals surface area (Å²) in [6.45, 7) is 2.04. The van der Waals surface area contributed by atoms with Crippen LogP contribution in [-0.2, 0) is 6.42 Å². The number of benzene rings is 3. The van der Waals surface area contributed by atoms with Gasteiger partial charge in [0.05, 0.1) is 0 Å². The third-order valence-corrected chi connectivity index (χ3v) is 4.31. The van der Waals surface area contributed by atoms with E-state index in [0.29, 0.717) is 23.8 Å². The van der Waals surface area contributed by atoms with E-state index in [4.69, 9.17) is 0 Å². The molecule has 0 bridgehead atoms. The van der Waals surface area contributed by atoms with Gasteiger partial charge in [-0.3, -0.25) is 4.79 Å². The molecule has 0 fully saturated rings. The lowest BCUT2D eigenvalue weighted by molar-refractivity contribution is -0.276. The van der Waals surface area contributed by atoms with E-state index in [2.05, 4.69) is 4.74 Å². The van der Waals surface area contributed by atoms with Crippen LogP contribution in [0.5, 0.6) is 5.75 Å². The summed E-state index contributed by atoms with van der Waals surface area (Å²) in [6.07, 6.45) is -2.84. The number of carbonyl (C=O) groups excluding carboxylic acids is 1. The number of alkyl halides is 3. The second-order valence-corrected chi connectivity index (χ2v) is 6.27. The van der Waals surface area contributed by atoms with Crippen LogP contribution >= 0.6 is 0 Å². The van der Waals surface area contributed by atoms with Crippen LogP contribution in [0.2, 0.25) is 0 Å². The Hall–Kier alpha value is -2.96. The van der Waals surface area contributed by atoms with Crippen molar-refractivity contribution in [1.82, 2.24) is 0 Å². The van der Waals surface area contributed by atoms with Crippen LogP contribution in [0.3, 0.4) is 0 Å². The Morgan fingerprint density at radius 1 is 1.00 bits per heavy atom. The SMILES string of the molecule is CCCc1ccc2c(C=O)c(-c3cc(F)c(OC(F)(F)F)c(F)c3)ccc2c1. The number of hydrogen-bond acceptors (Lipinski definition) is 2. The molecule has 3 rings (SSSR count). The zero-order chi connectivity index (χ0) is 20.5. The van der Waals surface area contributed by atoms with E-state index in [1.165, 1.54) is 6.07 Å². The molecule has 0 heterocycles. The van der Waals surface area contributed by atoms with Gasteiger partial charge in [-0.25, -0.2) is 8.78 Å². The molecule has 0 atom stereocenters. The molecule has 7 heteroatoms. The van der Waals surface area contributed by atoms with Gasteiger partial charge in [0.1, 0.15) is 0 Å². The number of rotatable bonds is 5. The molecule has 0 N–H and O–H groups in total. The zero-order valence-corrected chi connectivity index (χ0v) is 14.7. The minimum atomic E-state index is -5.23. The molecule has 3 aromatic carbocycles. The van der Waals surface area contributed by atoms with E-state index in [9.17, 15) is 26.7 Å². The summed E-state index contributed by atoms with van der Waals surface area (Å²) in [5.74, 6) is -4.56. The normalized spacial score (nSPS) is 11.6. The second-order valence-electron chi connectivity index (χ2n) is 6.27. The first-order valence-electron chi connectivity index (χ1n) is 8.49. The quantitative estimate of drug-likeness (QED) is 0.367. The highest BCUT2D eigenvalue weighted by molar-refractivity contribution is 6.04. The van der Waals surface area contributed by atoms with E-state index in [1.54, 1.807) is 12.1 Å². The Kier molecular flexibility index (Phi) is 5.36. The molecule has 0 radical (unpaired) electrons. The van der Waals surface area contributed by atoms with Crippen LogP contribution in [0, 0.1) is 11.6 Å². The average molecular weight is 394 g/mol. The molecule has 0 amide bonds. The van der Waals surface area contributed by atoms with Gasteiger partial charge in [-0.1, -0.05) is 43.7 Å². The minimum absolute atomic E-state index is 0.0637. The molecule has 0 aliphatic heterocycles. The van der Waals surface area contributed by atoms with Crippen molar-refractivity contribution >= 4 is 17.1 Å². The maximum Gasteiger partial charge on any atom is 0.573 e. The van der Waals surface area contributed by atoms with Gasteiger partial charge in [-0.05, 0) is 46.0 Å². The number of aldehydes is 1. The van der Waals surface area contributed by atoms with Crippen molar-refractivity contribution < 1.29 is 31.5 Å². The summed E-state index contributed by atoms with van der Waals surface area (Å²) >= 11 is 0. The van der Waals surface area contributed by atoms with Gasteiger partial charge in [-0.15, -0.1) is 13.2 Å². The highest BCUT2D eigenvalue weighted by Crippen LogP contribution is 2.35. The van der Waals surface area contributed by atoms with Crippen molar-refractivity contribution in [3.63, 3.8) is 0 Å². The molecule has 3 aromatic rings. The number of aryl methyl sites for hydroxylation is 1. The van der Waals surface area contributed by atoms with Crippen LogP contribution in [-0.4, -0.2) is 12.6 Å². The highest BCUT2D eigenvalue weighted by atomic mass is 19.4. The van der Waals surface area contributed by atoms with Gasteiger partial charge in [0.15, 0.2) is 17.9 Å². The second kappa shape index (κ2) is 7.58. The molecule has 146 valence electrons. The Bertz CT molecular complexity index is 1020. The molecule has 2 nitrogen and oxygen atoms in total. The fourth-order valence-corrected chi connectivity index (χ4v) is 3.15. The van der Waals surface area contributed by atoms with E-state index >= 15 is 0 Å². The van der Waals surface area contributed by atoms with E-state index in [1.807, 2.05) is 19.1 Å². The van der Waals surface area contributed by atoms with Gasteiger partial charge < -0.3 is 4.74 Å². The van der Waals surface area contributed by atoms with Crippen LogP contribution in [0.15, 0.2) is 42.5 Å². The predicted molar refractivity (Wildman–Crippen MR) is 95.4 cm³/mol. The Balaban J connectivity index is 2.13. The summed E-state index contributed by atoms with van der Waals surface area (Å²) < 4.78 is 68.4. The number of ether oxygens (including phenoxy) is 1. The molecule has 0 aromatic heterocycles. The van der Waals surface area contributed by atoms with Crippen molar-refractivity contribution in [2.45, 2.75) is 26.1 Å². The minimum Gasteiger partial charge on any atom is -0.399 e. The highest BCUT2D eigenvalue weighted by Gasteiger charge is 2.34. The van der Waals surface area contributed by atoms with Gasteiger partial charge >= 0.3 is 6.36 Å². The largest absolute Gasteiger partial charge is 0.573 e. The smallest absolute Gasteiger partial charge is 0.399 e. The molecular formula is C21H15F5O2. The standard InChI is InChI=1S/C21H15F5O2/c1-2-3-12-4-6-15-13(8-12)5-7-16(17(15)11-27)14-9-18(22)20(19(23)10-14)28-21(24,25)26/h4-11H,2-3H2,1H3. The fourth-order valence-electron chi connectivity index (χ4n) is 3.15. The maximum atomic E-state index is 14.1. The summed E-state index contributed by atoms with van der Waals surface area (Å²) in [4.78, 5) is 11.7. The molecular weight excluding hydrogens is 379 g/mol. The summed E-state index contributed by atoms with van der Waals surface area (Å²) in [5, 5.41) is 1.37. The first kappa shape index (κ1) is 19.8. The predicted octanol–water partition coefficient (Wildman–Crippen LogP) is 6.45. The third-order valence-electron chi connectivity index (χ3n) is 4.31. The Morgan fingerprint density at radius 2 is 1.68 bits per heavy atom. The van der Waals surface area contributed by atoms with Crippen molar-refractivity contribution in [1.29, 1.82) is 0 Å².